The average Bonchev–Trinajstić information content (AvgIpc) is 2.51. The van der Waals surface area contributed by atoms with Crippen molar-refractivity contribution in [2.24, 2.45) is 0 Å². The Hall–Kier alpha value is -1.01. The predicted octanol–water partition coefficient (Wildman–Crippen LogP) is 3.61. The number of nitrogens with one attached hydrogen (secondary N) is 1. The van der Waals surface area contributed by atoms with Crippen LogP contribution in [0.4, 0.5) is 10.5 Å². The summed E-state index contributed by atoms with van der Waals surface area (Å²) >= 11 is 11.8. The second kappa shape index (κ2) is 6.83. The lowest BCUT2D eigenvalue weighted by Gasteiger charge is -2.39. The van der Waals surface area contributed by atoms with Gasteiger partial charge in [-0.25, -0.2) is 4.79 Å². The third-order valence-corrected chi connectivity index (χ3v) is 4.47. The predicted molar refractivity (Wildman–Crippen MR) is 83.0 cm³/mol. The van der Waals surface area contributed by atoms with Crippen LogP contribution in [0.5, 0.6) is 0 Å². The lowest BCUT2D eigenvalue weighted by Crippen LogP contribution is -2.49. The van der Waals surface area contributed by atoms with Gasteiger partial charge in [0.15, 0.2) is 5.79 Å². The maximum Gasteiger partial charge on any atom is 0.321 e. The molecule has 1 N–H and O–H groups in total. The topological polar surface area (TPSA) is 50.8 Å². The summed E-state index contributed by atoms with van der Waals surface area (Å²) in [5.41, 5.74) is 0.615. The van der Waals surface area contributed by atoms with E-state index in [0.717, 1.165) is 0 Å². The van der Waals surface area contributed by atoms with Crippen molar-refractivity contribution in [1.82, 2.24) is 4.90 Å². The summed E-state index contributed by atoms with van der Waals surface area (Å²) in [6.07, 6.45) is 1.27. The zero-order valence-electron chi connectivity index (χ0n) is 12.0. The minimum atomic E-state index is -0.583. The van der Waals surface area contributed by atoms with Crippen molar-refractivity contribution in [3.8, 4) is 0 Å². The van der Waals surface area contributed by atoms with Gasteiger partial charge in [0.2, 0.25) is 0 Å². The number of amides is 2. The first-order valence-corrected chi connectivity index (χ1v) is 7.36. The van der Waals surface area contributed by atoms with Crippen LogP contribution in [0.2, 0.25) is 10.0 Å². The van der Waals surface area contributed by atoms with Gasteiger partial charge in [0.1, 0.15) is 0 Å². The minimum absolute atomic E-state index is 0.172. The molecule has 1 fully saturated rings. The van der Waals surface area contributed by atoms with E-state index in [1.807, 2.05) is 0 Å². The number of methoxy groups -OCH3 is 2. The SMILES string of the molecule is COC1(OC)CCN(C(=O)Nc2ccc(Cl)c(Cl)c2)CC1. The molecule has 0 bridgehead atoms. The maximum absolute atomic E-state index is 12.2. The molecule has 0 aliphatic carbocycles. The number of piperidine rings is 1. The fourth-order valence-corrected chi connectivity index (χ4v) is 2.62. The average molecular weight is 333 g/mol. The molecule has 5 nitrogen and oxygen atoms in total. The number of ether oxygens (including phenoxy) is 2. The van der Waals surface area contributed by atoms with Crippen LogP contribution in [-0.2, 0) is 9.47 Å². The molecule has 1 saturated heterocycles. The van der Waals surface area contributed by atoms with Crippen LogP contribution in [0.3, 0.4) is 0 Å². The zero-order valence-corrected chi connectivity index (χ0v) is 13.5. The quantitative estimate of drug-likeness (QED) is 0.860. The Morgan fingerprint density at radius 2 is 1.81 bits per heavy atom. The van der Waals surface area contributed by atoms with Crippen LogP contribution < -0.4 is 5.32 Å². The Bertz CT molecular complexity index is 511. The van der Waals surface area contributed by atoms with Gasteiger partial charge < -0.3 is 19.7 Å². The van der Waals surface area contributed by atoms with Gasteiger partial charge in [-0.2, -0.15) is 0 Å². The highest BCUT2D eigenvalue weighted by Gasteiger charge is 2.35. The number of halogens is 2. The first-order chi connectivity index (χ1) is 9.99. The molecule has 1 aromatic rings. The van der Waals surface area contributed by atoms with E-state index in [0.29, 0.717) is 41.7 Å². The van der Waals surface area contributed by atoms with Crippen LogP contribution in [-0.4, -0.2) is 44.0 Å². The molecule has 1 aliphatic rings. The Balaban J connectivity index is 1.94. The number of benzene rings is 1. The van der Waals surface area contributed by atoms with Gasteiger partial charge in [-0.1, -0.05) is 23.2 Å². The molecule has 21 heavy (non-hydrogen) atoms. The Labute approximate surface area is 134 Å². The van der Waals surface area contributed by atoms with E-state index >= 15 is 0 Å². The number of rotatable bonds is 3. The van der Waals surface area contributed by atoms with E-state index < -0.39 is 5.79 Å². The van der Waals surface area contributed by atoms with Crippen LogP contribution in [0.15, 0.2) is 18.2 Å². The van der Waals surface area contributed by atoms with E-state index in [1.54, 1.807) is 37.3 Å². The van der Waals surface area contributed by atoms with Crippen LogP contribution >= 0.6 is 23.2 Å². The fourth-order valence-electron chi connectivity index (χ4n) is 2.32. The smallest absolute Gasteiger partial charge is 0.321 e. The summed E-state index contributed by atoms with van der Waals surface area (Å²) in [6, 6.07) is 4.82. The molecule has 0 atom stereocenters. The summed E-state index contributed by atoms with van der Waals surface area (Å²) < 4.78 is 10.8. The second-order valence-corrected chi connectivity index (χ2v) is 5.68. The second-order valence-electron chi connectivity index (χ2n) is 4.87. The zero-order chi connectivity index (χ0) is 15.5. The van der Waals surface area contributed by atoms with Crippen molar-refractivity contribution < 1.29 is 14.3 Å². The largest absolute Gasteiger partial charge is 0.353 e. The molecule has 2 rings (SSSR count). The van der Waals surface area contributed by atoms with Crippen molar-refractivity contribution in [2.45, 2.75) is 18.6 Å². The molecule has 1 heterocycles. The third-order valence-electron chi connectivity index (χ3n) is 3.73. The van der Waals surface area contributed by atoms with Crippen molar-refractivity contribution in [3.63, 3.8) is 0 Å². The number of urea groups is 1. The lowest BCUT2D eigenvalue weighted by atomic mass is 10.0. The molecule has 0 aromatic heterocycles. The molecule has 1 aliphatic heterocycles. The van der Waals surface area contributed by atoms with E-state index in [9.17, 15) is 4.79 Å². The maximum atomic E-state index is 12.2. The Morgan fingerprint density at radius 1 is 1.19 bits per heavy atom. The highest BCUT2D eigenvalue weighted by atomic mass is 35.5. The number of nitrogens with zero attached hydrogens (tertiary/aromatic N) is 1. The Morgan fingerprint density at radius 3 is 2.33 bits per heavy atom. The first kappa shape index (κ1) is 16.4. The normalized spacial score (nSPS) is 17.6. The number of hydrogen-bond donors (Lipinski definition) is 1. The molecule has 2 amide bonds. The summed E-state index contributed by atoms with van der Waals surface area (Å²) in [5, 5.41) is 3.67. The van der Waals surface area contributed by atoms with Crippen molar-refractivity contribution in [3.05, 3.63) is 28.2 Å². The standard InChI is InChI=1S/C14H18Cl2N2O3/c1-20-14(21-2)5-7-18(8-6-14)13(19)17-10-3-4-11(15)12(16)9-10/h3-4,9H,5-8H2,1-2H3,(H,17,19). The lowest BCUT2D eigenvalue weighted by molar-refractivity contribution is -0.226. The summed E-state index contributed by atoms with van der Waals surface area (Å²) in [6.45, 7) is 1.13. The van der Waals surface area contributed by atoms with E-state index in [1.165, 1.54) is 0 Å². The van der Waals surface area contributed by atoms with Gasteiger partial charge in [0.25, 0.3) is 0 Å². The van der Waals surface area contributed by atoms with Gasteiger partial charge in [0, 0.05) is 45.8 Å². The summed E-state index contributed by atoms with van der Waals surface area (Å²) in [4.78, 5) is 13.9. The molecule has 7 heteroatoms. The monoisotopic (exact) mass is 332 g/mol. The van der Waals surface area contributed by atoms with E-state index in [4.69, 9.17) is 32.7 Å². The number of anilines is 1. The van der Waals surface area contributed by atoms with Crippen LogP contribution in [0.25, 0.3) is 0 Å². The molecular weight excluding hydrogens is 315 g/mol. The number of hydrogen-bond acceptors (Lipinski definition) is 3. The van der Waals surface area contributed by atoms with E-state index in [-0.39, 0.29) is 6.03 Å². The van der Waals surface area contributed by atoms with Gasteiger partial charge in [0.05, 0.1) is 10.0 Å². The van der Waals surface area contributed by atoms with Gasteiger partial charge in [-0.15, -0.1) is 0 Å². The molecule has 0 unspecified atom stereocenters. The van der Waals surface area contributed by atoms with Crippen molar-refractivity contribution in [2.75, 3.05) is 32.6 Å². The highest BCUT2D eigenvalue weighted by Crippen LogP contribution is 2.28. The highest BCUT2D eigenvalue weighted by molar-refractivity contribution is 6.42. The van der Waals surface area contributed by atoms with Crippen molar-refractivity contribution >= 4 is 34.9 Å². The third kappa shape index (κ3) is 3.80. The molecule has 0 saturated carbocycles. The van der Waals surface area contributed by atoms with Gasteiger partial charge in [-0.05, 0) is 18.2 Å². The Kier molecular flexibility index (Phi) is 5.32. The van der Waals surface area contributed by atoms with Gasteiger partial charge >= 0.3 is 6.03 Å². The number of likely N-dealkylation sites (tertiary alicyclic amines) is 1. The molecule has 1 aromatic carbocycles. The fraction of sp³-hybridized carbons (Fsp3) is 0.500. The molecular formula is C14H18Cl2N2O3. The first-order valence-electron chi connectivity index (χ1n) is 6.61. The summed E-state index contributed by atoms with van der Waals surface area (Å²) in [5.74, 6) is -0.583. The van der Waals surface area contributed by atoms with Crippen LogP contribution in [0, 0.1) is 0 Å². The number of carbonyl (C=O) groups excluding carboxylic acids is 1. The van der Waals surface area contributed by atoms with Crippen molar-refractivity contribution in [1.29, 1.82) is 0 Å². The van der Waals surface area contributed by atoms with Crippen LogP contribution in [0.1, 0.15) is 12.8 Å². The summed E-state index contributed by atoms with van der Waals surface area (Å²) in [7, 11) is 3.24. The minimum Gasteiger partial charge on any atom is -0.353 e. The molecule has 0 radical (unpaired) electrons. The van der Waals surface area contributed by atoms with Gasteiger partial charge in [-0.3, -0.25) is 0 Å². The molecule has 0 spiro atoms. The molecule has 116 valence electrons. The number of carbonyl (C=O) groups is 1. The van der Waals surface area contributed by atoms with E-state index in [2.05, 4.69) is 5.32 Å².